The Morgan fingerprint density at radius 1 is 1.14 bits per heavy atom. The Balaban J connectivity index is 1.56. The number of carbonyl (C=O) groups is 1. The molecule has 1 saturated heterocycles. The van der Waals surface area contributed by atoms with Crippen LogP contribution in [-0.4, -0.2) is 44.4 Å². The third-order valence-electron chi connectivity index (χ3n) is 5.02. The Hall–Kier alpha value is -2.10. The van der Waals surface area contributed by atoms with Gasteiger partial charge in [-0.15, -0.1) is 0 Å². The molecule has 2 aromatic rings. The second-order valence-corrected chi connectivity index (χ2v) is 9.80. The number of aryl methyl sites for hydroxylation is 1. The fourth-order valence-electron chi connectivity index (χ4n) is 3.51. The van der Waals surface area contributed by atoms with Crippen molar-refractivity contribution < 1.29 is 22.7 Å². The van der Waals surface area contributed by atoms with E-state index in [9.17, 15) is 13.2 Å². The highest BCUT2D eigenvalue weighted by Crippen LogP contribution is 2.38. The number of benzene rings is 2. The topological polar surface area (TPSA) is 84.9 Å². The van der Waals surface area contributed by atoms with Gasteiger partial charge in [-0.05, 0) is 47.8 Å². The maximum absolute atomic E-state index is 13.1. The molecule has 0 aliphatic carbocycles. The molecule has 1 amide bonds. The van der Waals surface area contributed by atoms with Crippen LogP contribution in [0.1, 0.15) is 18.4 Å². The lowest BCUT2D eigenvalue weighted by atomic mass is 10.2. The zero-order valence-electron chi connectivity index (χ0n) is 15.9. The van der Waals surface area contributed by atoms with Crippen LogP contribution < -0.4 is 14.8 Å². The van der Waals surface area contributed by atoms with Crippen LogP contribution in [0.4, 0.5) is 5.69 Å². The number of rotatable bonds is 4. The van der Waals surface area contributed by atoms with Crippen molar-refractivity contribution in [2.45, 2.75) is 30.7 Å². The number of amides is 1. The molecule has 1 N–H and O–H groups in total. The van der Waals surface area contributed by atoms with Gasteiger partial charge in [-0.2, -0.15) is 4.31 Å². The van der Waals surface area contributed by atoms with Gasteiger partial charge in [-0.3, -0.25) is 4.79 Å². The first kappa shape index (κ1) is 20.2. The Bertz CT molecular complexity index is 1040. The molecule has 2 aliphatic rings. The summed E-state index contributed by atoms with van der Waals surface area (Å²) in [4.78, 5) is 13.2. The smallest absolute Gasteiger partial charge is 0.243 e. The molecule has 29 heavy (non-hydrogen) atoms. The van der Waals surface area contributed by atoms with Crippen molar-refractivity contribution in [3.8, 4) is 11.5 Å². The van der Waals surface area contributed by atoms with Crippen LogP contribution in [0, 0.1) is 6.92 Å². The molecular weight excluding hydrogens is 460 g/mol. The lowest BCUT2D eigenvalue weighted by Crippen LogP contribution is -2.43. The minimum absolute atomic E-state index is 0.198. The molecule has 4 rings (SSSR count). The van der Waals surface area contributed by atoms with E-state index < -0.39 is 16.1 Å². The van der Waals surface area contributed by atoms with Crippen LogP contribution in [0.15, 0.2) is 45.8 Å². The van der Waals surface area contributed by atoms with Crippen molar-refractivity contribution in [3.63, 3.8) is 0 Å². The normalized spacial score (nSPS) is 19.2. The van der Waals surface area contributed by atoms with Crippen molar-refractivity contribution in [2.24, 2.45) is 0 Å². The quantitative estimate of drug-likeness (QED) is 0.725. The largest absolute Gasteiger partial charge is 0.486 e. The van der Waals surface area contributed by atoms with E-state index in [1.165, 1.54) is 4.31 Å². The third-order valence-corrected chi connectivity index (χ3v) is 7.60. The van der Waals surface area contributed by atoms with Crippen molar-refractivity contribution >= 4 is 37.5 Å². The molecule has 2 aliphatic heterocycles. The molecule has 0 spiro atoms. The lowest BCUT2D eigenvalue weighted by molar-refractivity contribution is -0.119. The number of halogens is 1. The fourth-order valence-corrected chi connectivity index (χ4v) is 5.59. The van der Waals surface area contributed by atoms with Gasteiger partial charge in [-0.1, -0.05) is 17.7 Å². The van der Waals surface area contributed by atoms with E-state index in [1.807, 2.05) is 6.92 Å². The first-order valence-electron chi connectivity index (χ1n) is 9.35. The summed E-state index contributed by atoms with van der Waals surface area (Å²) in [5.41, 5.74) is 1.49. The second-order valence-electron chi connectivity index (χ2n) is 7.05. The lowest BCUT2D eigenvalue weighted by Gasteiger charge is -2.24. The van der Waals surface area contributed by atoms with Gasteiger partial charge in [-0.25, -0.2) is 8.42 Å². The van der Waals surface area contributed by atoms with Gasteiger partial charge in [0.25, 0.3) is 0 Å². The minimum Gasteiger partial charge on any atom is -0.486 e. The average molecular weight is 481 g/mol. The van der Waals surface area contributed by atoms with Crippen LogP contribution in [0.5, 0.6) is 11.5 Å². The Morgan fingerprint density at radius 2 is 1.79 bits per heavy atom. The summed E-state index contributed by atoms with van der Waals surface area (Å²) < 4.78 is 39.2. The standard InChI is InChI=1S/C20H21BrN2O5S/c1-13-4-6-14(7-5-13)29(25,26)23-8-2-3-17(23)20(24)22-16-12-19-18(11-15(16)21)27-9-10-28-19/h4-7,11-12,17H,2-3,8-10H2,1H3,(H,22,24)/t17-/m0/s1. The molecule has 1 fully saturated rings. The number of anilines is 1. The maximum Gasteiger partial charge on any atom is 0.243 e. The van der Waals surface area contributed by atoms with Gasteiger partial charge >= 0.3 is 0 Å². The van der Waals surface area contributed by atoms with Crippen LogP contribution >= 0.6 is 15.9 Å². The van der Waals surface area contributed by atoms with E-state index in [0.717, 1.165) is 5.56 Å². The first-order valence-corrected chi connectivity index (χ1v) is 11.6. The van der Waals surface area contributed by atoms with Crippen LogP contribution in [0.2, 0.25) is 0 Å². The van der Waals surface area contributed by atoms with E-state index in [4.69, 9.17) is 9.47 Å². The van der Waals surface area contributed by atoms with Crippen LogP contribution in [0.25, 0.3) is 0 Å². The van der Waals surface area contributed by atoms with E-state index >= 15 is 0 Å². The number of ether oxygens (including phenoxy) is 2. The third kappa shape index (κ3) is 3.99. The number of carbonyl (C=O) groups excluding carboxylic acids is 1. The predicted octanol–water partition coefficient (Wildman–Crippen LogP) is 3.32. The number of nitrogens with zero attached hydrogens (tertiary/aromatic N) is 1. The number of hydrogen-bond acceptors (Lipinski definition) is 5. The van der Waals surface area contributed by atoms with Gasteiger partial charge in [0.05, 0.1) is 10.6 Å². The molecule has 7 nitrogen and oxygen atoms in total. The molecule has 2 heterocycles. The second kappa shape index (κ2) is 7.97. The van der Waals surface area contributed by atoms with E-state index in [2.05, 4.69) is 21.2 Å². The summed E-state index contributed by atoms with van der Waals surface area (Å²) in [6, 6.07) is 9.32. The summed E-state index contributed by atoms with van der Waals surface area (Å²) in [6.07, 6.45) is 1.10. The Morgan fingerprint density at radius 3 is 2.48 bits per heavy atom. The molecule has 2 aromatic carbocycles. The molecule has 0 saturated carbocycles. The molecule has 154 valence electrons. The highest BCUT2D eigenvalue weighted by Gasteiger charge is 2.39. The summed E-state index contributed by atoms with van der Waals surface area (Å²) >= 11 is 3.43. The zero-order chi connectivity index (χ0) is 20.6. The summed E-state index contributed by atoms with van der Waals surface area (Å²) in [5.74, 6) is 0.784. The van der Waals surface area contributed by atoms with Gasteiger partial charge in [0.15, 0.2) is 11.5 Å². The highest BCUT2D eigenvalue weighted by molar-refractivity contribution is 9.10. The molecule has 0 unspecified atom stereocenters. The van der Waals surface area contributed by atoms with Gasteiger partial charge in [0.1, 0.15) is 19.3 Å². The van der Waals surface area contributed by atoms with E-state index in [1.54, 1.807) is 36.4 Å². The summed E-state index contributed by atoms with van der Waals surface area (Å²) in [6.45, 7) is 3.12. The van der Waals surface area contributed by atoms with Crippen molar-refractivity contribution in [1.29, 1.82) is 0 Å². The number of hydrogen-bond donors (Lipinski definition) is 1. The van der Waals surface area contributed by atoms with Crippen molar-refractivity contribution in [1.82, 2.24) is 4.31 Å². The minimum atomic E-state index is -3.75. The monoisotopic (exact) mass is 480 g/mol. The van der Waals surface area contributed by atoms with Crippen molar-refractivity contribution in [3.05, 3.63) is 46.4 Å². The summed E-state index contributed by atoms with van der Waals surface area (Å²) in [5, 5.41) is 2.84. The maximum atomic E-state index is 13.1. The number of fused-ring (bicyclic) bond motifs is 1. The van der Waals surface area contributed by atoms with Gasteiger partial charge < -0.3 is 14.8 Å². The number of sulfonamides is 1. The molecule has 9 heteroatoms. The predicted molar refractivity (Wildman–Crippen MR) is 112 cm³/mol. The molecular formula is C20H21BrN2O5S. The average Bonchev–Trinajstić information content (AvgIpc) is 3.20. The fraction of sp³-hybridized carbons (Fsp3) is 0.350. The molecule has 0 bridgehead atoms. The van der Waals surface area contributed by atoms with Gasteiger partial charge in [0, 0.05) is 23.2 Å². The van der Waals surface area contributed by atoms with E-state index in [0.29, 0.717) is 54.3 Å². The molecule has 1 atom stereocenters. The Kier molecular flexibility index (Phi) is 5.54. The highest BCUT2D eigenvalue weighted by atomic mass is 79.9. The summed E-state index contributed by atoms with van der Waals surface area (Å²) in [7, 11) is -3.75. The van der Waals surface area contributed by atoms with Crippen LogP contribution in [-0.2, 0) is 14.8 Å². The molecule has 0 radical (unpaired) electrons. The zero-order valence-corrected chi connectivity index (χ0v) is 18.3. The van der Waals surface area contributed by atoms with Crippen molar-refractivity contribution in [2.75, 3.05) is 25.1 Å². The Labute approximate surface area is 178 Å². The van der Waals surface area contributed by atoms with Crippen LogP contribution in [0.3, 0.4) is 0 Å². The van der Waals surface area contributed by atoms with E-state index in [-0.39, 0.29) is 10.8 Å². The SMILES string of the molecule is Cc1ccc(S(=O)(=O)N2CCC[C@H]2C(=O)Nc2cc3c(cc2Br)OCCO3)cc1. The van der Waals surface area contributed by atoms with Gasteiger partial charge in [0.2, 0.25) is 15.9 Å². The number of nitrogens with one attached hydrogen (secondary N) is 1. The first-order chi connectivity index (χ1) is 13.9. The molecule has 0 aromatic heterocycles.